The molecule has 2 aromatic carbocycles. The second-order valence-corrected chi connectivity index (χ2v) is 4.59. The highest BCUT2D eigenvalue weighted by atomic mass is 16.5. The average molecular weight is 286 g/mol. The largest absolute Gasteiger partial charge is 0.493 e. The molecule has 4 nitrogen and oxygen atoms in total. The highest BCUT2D eigenvalue weighted by Crippen LogP contribution is 2.26. The van der Waals surface area contributed by atoms with Gasteiger partial charge in [0.15, 0.2) is 0 Å². The number of rotatable bonds is 6. The molecule has 0 aliphatic heterocycles. The van der Waals surface area contributed by atoms with Crippen molar-refractivity contribution >= 4 is 5.97 Å². The van der Waals surface area contributed by atoms with Crippen molar-refractivity contribution in [3.8, 4) is 11.5 Å². The fourth-order valence-electron chi connectivity index (χ4n) is 2.08. The lowest BCUT2D eigenvalue weighted by molar-refractivity contribution is 0.0691. The Kier molecular flexibility index (Phi) is 4.82. The van der Waals surface area contributed by atoms with Gasteiger partial charge in [0.25, 0.3) is 0 Å². The molecule has 0 heterocycles. The Morgan fingerprint density at radius 3 is 2.57 bits per heavy atom. The summed E-state index contributed by atoms with van der Waals surface area (Å²) in [6, 6.07) is 12.7. The third kappa shape index (κ3) is 3.54. The number of carbonyl (C=O) groups is 1. The van der Waals surface area contributed by atoms with E-state index in [1.807, 2.05) is 44.2 Å². The predicted molar refractivity (Wildman–Crippen MR) is 80.1 cm³/mol. The average Bonchev–Trinajstić information content (AvgIpc) is 2.47. The van der Waals surface area contributed by atoms with Crippen molar-refractivity contribution in [1.29, 1.82) is 0 Å². The van der Waals surface area contributed by atoms with Gasteiger partial charge in [0, 0.05) is 5.56 Å². The maximum Gasteiger partial charge on any atom is 0.339 e. The number of aromatic carboxylic acids is 1. The summed E-state index contributed by atoms with van der Waals surface area (Å²) in [6.07, 6.45) is 0. The predicted octanol–water partition coefficient (Wildman–Crippen LogP) is 3.67. The van der Waals surface area contributed by atoms with Crippen molar-refractivity contribution < 1.29 is 19.4 Å². The lowest BCUT2D eigenvalue weighted by Gasteiger charge is -2.14. The van der Waals surface area contributed by atoms with Crippen LogP contribution in [0.15, 0.2) is 42.5 Å². The van der Waals surface area contributed by atoms with Crippen LogP contribution in [0.4, 0.5) is 0 Å². The van der Waals surface area contributed by atoms with E-state index >= 15 is 0 Å². The summed E-state index contributed by atoms with van der Waals surface area (Å²) >= 11 is 0. The minimum Gasteiger partial charge on any atom is -0.493 e. The molecule has 0 aliphatic carbocycles. The van der Waals surface area contributed by atoms with Crippen LogP contribution in [0.1, 0.15) is 28.4 Å². The number of ether oxygens (including phenoxy) is 2. The summed E-state index contributed by atoms with van der Waals surface area (Å²) in [5, 5.41) is 9.22. The maximum atomic E-state index is 11.3. The maximum absolute atomic E-state index is 11.3. The first-order valence-electron chi connectivity index (χ1n) is 6.80. The highest BCUT2D eigenvalue weighted by Gasteiger charge is 2.14. The summed E-state index contributed by atoms with van der Waals surface area (Å²) < 4.78 is 11.3. The van der Waals surface area contributed by atoms with Crippen LogP contribution in [0.5, 0.6) is 11.5 Å². The van der Waals surface area contributed by atoms with E-state index in [-0.39, 0.29) is 12.2 Å². The van der Waals surface area contributed by atoms with Gasteiger partial charge < -0.3 is 14.6 Å². The standard InChI is InChI=1S/C17H18O4/c1-3-20-15-10-5-4-8-13(15)11-21-16-12(2)7-6-9-14(16)17(18)19/h4-10H,3,11H2,1-2H3,(H,18,19). The SMILES string of the molecule is CCOc1ccccc1COc1c(C)cccc1C(=O)O. The molecule has 0 aromatic heterocycles. The molecule has 0 saturated heterocycles. The first kappa shape index (κ1) is 14.9. The first-order valence-corrected chi connectivity index (χ1v) is 6.80. The van der Waals surface area contributed by atoms with E-state index in [0.717, 1.165) is 16.9 Å². The summed E-state index contributed by atoms with van der Waals surface area (Å²) in [5.74, 6) is 0.161. The fourth-order valence-corrected chi connectivity index (χ4v) is 2.08. The molecular formula is C17H18O4. The van der Waals surface area contributed by atoms with Gasteiger partial charge in [-0.1, -0.05) is 30.3 Å². The van der Waals surface area contributed by atoms with Gasteiger partial charge >= 0.3 is 5.97 Å². The number of carboxylic acids is 1. The number of hydrogen-bond acceptors (Lipinski definition) is 3. The van der Waals surface area contributed by atoms with Gasteiger partial charge in [-0.05, 0) is 31.5 Å². The van der Waals surface area contributed by atoms with E-state index in [0.29, 0.717) is 12.4 Å². The molecule has 110 valence electrons. The second-order valence-electron chi connectivity index (χ2n) is 4.59. The first-order chi connectivity index (χ1) is 10.1. The number of hydrogen-bond donors (Lipinski definition) is 1. The smallest absolute Gasteiger partial charge is 0.339 e. The number of benzene rings is 2. The topological polar surface area (TPSA) is 55.8 Å². The molecule has 2 aromatic rings. The molecule has 0 amide bonds. The zero-order valence-electron chi connectivity index (χ0n) is 12.1. The van der Waals surface area contributed by atoms with Crippen LogP contribution in [0, 0.1) is 6.92 Å². The van der Waals surface area contributed by atoms with Crippen molar-refractivity contribution in [2.24, 2.45) is 0 Å². The molecular weight excluding hydrogens is 268 g/mol. The molecule has 4 heteroatoms. The Morgan fingerprint density at radius 1 is 1.10 bits per heavy atom. The minimum atomic E-state index is -0.994. The van der Waals surface area contributed by atoms with Gasteiger partial charge in [-0.2, -0.15) is 0 Å². The Balaban J connectivity index is 2.23. The molecule has 1 N–H and O–H groups in total. The van der Waals surface area contributed by atoms with Crippen LogP contribution < -0.4 is 9.47 Å². The molecule has 0 spiro atoms. The van der Waals surface area contributed by atoms with Crippen LogP contribution in [0.3, 0.4) is 0 Å². The van der Waals surface area contributed by atoms with Crippen molar-refractivity contribution in [3.05, 3.63) is 59.2 Å². The third-order valence-corrected chi connectivity index (χ3v) is 3.09. The van der Waals surface area contributed by atoms with E-state index in [9.17, 15) is 9.90 Å². The molecule has 0 radical (unpaired) electrons. The zero-order chi connectivity index (χ0) is 15.2. The number of aryl methyl sites for hydroxylation is 1. The quantitative estimate of drug-likeness (QED) is 0.880. The minimum absolute atomic E-state index is 0.170. The molecule has 0 saturated carbocycles. The van der Waals surface area contributed by atoms with Crippen LogP contribution >= 0.6 is 0 Å². The van der Waals surface area contributed by atoms with E-state index in [4.69, 9.17) is 9.47 Å². The molecule has 0 unspecified atom stereocenters. The van der Waals surface area contributed by atoms with Crippen molar-refractivity contribution in [2.45, 2.75) is 20.5 Å². The summed E-state index contributed by atoms with van der Waals surface area (Å²) in [5.41, 5.74) is 1.85. The second kappa shape index (κ2) is 6.79. The van der Waals surface area contributed by atoms with Crippen LogP contribution in [0.25, 0.3) is 0 Å². The number of para-hydroxylation sites is 2. The summed E-state index contributed by atoms with van der Waals surface area (Å²) in [6.45, 7) is 4.58. The number of carboxylic acid groups (broad SMARTS) is 1. The van der Waals surface area contributed by atoms with Gasteiger partial charge in [0.1, 0.15) is 23.7 Å². The van der Waals surface area contributed by atoms with Gasteiger partial charge in [-0.25, -0.2) is 4.79 Å². The van der Waals surface area contributed by atoms with Gasteiger partial charge in [0.2, 0.25) is 0 Å². The molecule has 21 heavy (non-hydrogen) atoms. The van der Waals surface area contributed by atoms with Crippen LogP contribution in [-0.4, -0.2) is 17.7 Å². The van der Waals surface area contributed by atoms with Crippen molar-refractivity contribution in [2.75, 3.05) is 6.61 Å². The van der Waals surface area contributed by atoms with E-state index in [2.05, 4.69) is 0 Å². The Bertz CT molecular complexity index is 634. The molecule has 0 fully saturated rings. The van der Waals surface area contributed by atoms with Gasteiger partial charge in [-0.3, -0.25) is 0 Å². The van der Waals surface area contributed by atoms with Crippen molar-refractivity contribution in [1.82, 2.24) is 0 Å². The van der Waals surface area contributed by atoms with E-state index in [1.54, 1.807) is 12.1 Å². The lowest BCUT2D eigenvalue weighted by Crippen LogP contribution is -2.06. The van der Waals surface area contributed by atoms with Crippen molar-refractivity contribution in [3.63, 3.8) is 0 Å². The Labute approximate surface area is 123 Å². The Hall–Kier alpha value is -2.49. The zero-order valence-corrected chi connectivity index (χ0v) is 12.1. The summed E-state index contributed by atoms with van der Waals surface area (Å²) in [4.78, 5) is 11.3. The van der Waals surface area contributed by atoms with Crippen LogP contribution in [-0.2, 0) is 6.61 Å². The molecule has 0 aliphatic rings. The summed E-state index contributed by atoms with van der Waals surface area (Å²) in [7, 11) is 0. The monoisotopic (exact) mass is 286 g/mol. The molecule has 0 bridgehead atoms. The molecule has 2 rings (SSSR count). The fraction of sp³-hybridized carbons (Fsp3) is 0.235. The Morgan fingerprint density at radius 2 is 1.86 bits per heavy atom. The molecule has 0 atom stereocenters. The van der Waals surface area contributed by atoms with Gasteiger partial charge in [0.05, 0.1) is 6.61 Å². The third-order valence-electron chi connectivity index (χ3n) is 3.09. The van der Waals surface area contributed by atoms with Gasteiger partial charge in [-0.15, -0.1) is 0 Å². The normalized spacial score (nSPS) is 10.2. The van der Waals surface area contributed by atoms with Crippen LogP contribution in [0.2, 0.25) is 0 Å². The lowest BCUT2D eigenvalue weighted by atomic mass is 10.1. The van der Waals surface area contributed by atoms with E-state index in [1.165, 1.54) is 0 Å². The van der Waals surface area contributed by atoms with E-state index < -0.39 is 5.97 Å². The highest BCUT2D eigenvalue weighted by molar-refractivity contribution is 5.91.